The smallest absolute Gasteiger partial charge is 0.269 e. The normalized spacial score (nSPS) is 11.3. The number of hydrogen-bond acceptors (Lipinski definition) is 5. The van der Waals surface area contributed by atoms with Crippen molar-refractivity contribution in [1.82, 2.24) is 4.72 Å². The highest BCUT2D eigenvalue weighted by Crippen LogP contribution is 2.29. The number of amides is 1. The molecular weight excluding hydrogens is 382 g/mol. The van der Waals surface area contributed by atoms with Crippen LogP contribution in [0.25, 0.3) is 10.8 Å². The van der Waals surface area contributed by atoms with E-state index < -0.39 is 14.9 Å². The van der Waals surface area contributed by atoms with Crippen LogP contribution in [0.4, 0.5) is 11.4 Å². The first-order valence-corrected chi connectivity index (χ1v) is 9.78. The third-order valence-corrected chi connectivity index (χ3v) is 5.53. The molecule has 0 unspecified atom stereocenters. The number of carbonyl (C=O) groups excluding carboxylic acids is 1. The summed E-state index contributed by atoms with van der Waals surface area (Å²) in [7, 11) is -3.90. The van der Waals surface area contributed by atoms with E-state index in [-0.39, 0.29) is 23.0 Å². The SMILES string of the molecule is CC(=O)Nc1cccc2c(S(=O)(=O)NCc3cccc([N+](=O)[O-])c3)cccc12. The van der Waals surface area contributed by atoms with Crippen LogP contribution in [-0.4, -0.2) is 19.2 Å². The van der Waals surface area contributed by atoms with Crippen molar-refractivity contribution in [2.24, 2.45) is 0 Å². The van der Waals surface area contributed by atoms with Gasteiger partial charge < -0.3 is 5.32 Å². The Morgan fingerprint density at radius 2 is 1.71 bits per heavy atom. The Kier molecular flexibility index (Phi) is 5.39. The van der Waals surface area contributed by atoms with Crippen molar-refractivity contribution in [3.63, 3.8) is 0 Å². The molecule has 0 aliphatic heterocycles. The number of sulfonamides is 1. The van der Waals surface area contributed by atoms with Gasteiger partial charge in [0, 0.05) is 42.1 Å². The minimum absolute atomic E-state index is 0.0580. The van der Waals surface area contributed by atoms with Gasteiger partial charge in [-0.3, -0.25) is 14.9 Å². The topological polar surface area (TPSA) is 118 Å². The van der Waals surface area contributed by atoms with E-state index in [2.05, 4.69) is 10.0 Å². The van der Waals surface area contributed by atoms with E-state index in [1.807, 2.05) is 0 Å². The number of non-ortho nitro benzene ring substituents is 1. The Hall–Kier alpha value is -3.30. The molecule has 0 radical (unpaired) electrons. The molecule has 3 aromatic rings. The Labute approximate surface area is 161 Å². The number of nitro groups is 1. The standard InChI is InChI=1S/C19H17N3O5S/c1-13(23)21-18-9-3-8-17-16(18)7-4-10-19(17)28(26,27)20-12-14-5-2-6-15(11-14)22(24)25/h2-11,20H,12H2,1H3,(H,21,23). The molecule has 0 fully saturated rings. The van der Waals surface area contributed by atoms with E-state index in [1.54, 1.807) is 36.4 Å². The molecule has 0 atom stereocenters. The number of fused-ring (bicyclic) bond motifs is 1. The molecule has 0 saturated heterocycles. The molecule has 0 aliphatic rings. The number of nitrogens with one attached hydrogen (secondary N) is 2. The monoisotopic (exact) mass is 399 g/mol. The van der Waals surface area contributed by atoms with Gasteiger partial charge in [0.2, 0.25) is 15.9 Å². The fourth-order valence-corrected chi connectivity index (χ4v) is 4.09. The summed E-state index contributed by atoms with van der Waals surface area (Å²) >= 11 is 0. The van der Waals surface area contributed by atoms with E-state index in [4.69, 9.17) is 0 Å². The zero-order chi connectivity index (χ0) is 20.3. The van der Waals surface area contributed by atoms with E-state index in [0.717, 1.165) is 0 Å². The second kappa shape index (κ2) is 7.75. The zero-order valence-corrected chi connectivity index (χ0v) is 15.7. The predicted molar refractivity (Wildman–Crippen MR) is 105 cm³/mol. The molecule has 3 aromatic carbocycles. The number of benzene rings is 3. The van der Waals surface area contributed by atoms with Gasteiger partial charge in [-0.05, 0) is 17.7 Å². The first-order chi connectivity index (χ1) is 13.3. The fourth-order valence-electron chi connectivity index (χ4n) is 2.85. The lowest BCUT2D eigenvalue weighted by Crippen LogP contribution is -2.23. The summed E-state index contributed by atoms with van der Waals surface area (Å²) in [5, 5.41) is 14.6. The first-order valence-electron chi connectivity index (χ1n) is 8.30. The zero-order valence-electron chi connectivity index (χ0n) is 14.9. The van der Waals surface area contributed by atoms with Crippen molar-refractivity contribution in [3.8, 4) is 0 Å². The molecule has 0 heterocycles. The largest absolute Gasteiger partial charge is 0.326 e. The number of nitrogens with zero attached hydrogens (tertiary/aromatic N) is 1. The van der Waals surface area contributed by atoms with E-state index in [1.165, 1.54) is 31.2 Å². The van der Waals surface area contributed by atoms with Gasteiger partial charge >= 0.3 is 0 Å². The molecule has 0 spiro atoms. The Morgan fingerprint density at radius 1 is 1.04 bits per heavy atom. The van der Waals surface area contributed by atoms with Gasteiger partial charge in [0.25, 0.3) is 5.69 Å². The summed E-state index contributed by atoms with van der Waals surface area (Å²) in [6, 6.07) is 15.6. The van der Waals surface area contributed by atoms with Crippen LogP contribution in [0.15, 0.2) is 65.6 Å². The van der Waals surface area contributed by atoms with Gasteiger partial charge in [-0.25, -0.2) is 13.1 Å². The second-order valence-electron chi connectivity index (χ2n) is 6.09. The summed E-state index contributed by atoms with van der Waals surface area (Å²) in [6.07, 6.45) is 0. The van der Waals surface area contributed by atoms with Crippen molar-refractivity contribution in [3.05, 3.63) is 76.3 Å². The van der Waals surface area contributed by atoms with Crippen LogP contribution in [-0.2, 0) is 21.4 Å². The Morgan fingerprint density at radius 3 is 2.43 bits per heavy atom. The van der Waals surface area contributed by atoms with Crippen LogP contribution in [0.2, 0.25) is 0 Å². The van der Waals surface area contributed by atoms with Gasteiger partial charge in [0.05, 0.1) is 9.82 Å². The summed E-state index contributed by atoms with van der Waals surface area (Å²) < 4.78 is 28.2. The summed E-state index contributed by atoms with van der Waals surface area (Å²) in [5.41, 5.74) is 0.875. The van der Waals surface area contributed by atoms with E-state index >= 15 is 0 Å². The molecule has 0 bridgehead atoms. The molecule has 0 aromatic heterocycles. The van der Waals surface area contributed by atoms with Crippen LogP contribution in [0, 0.1) is 10.1 Å². The maximum absolute atomic E-state index is 12.8. The van der Waals surface area contributed by atoms with Gasteiger partial charge in [0.15, 0.2) is 0 Å². The average molecular weight is 399 g/mol. The van der Waals surface area contributed by atoms with E-state index in [0.29, 0.717) is 22.0 Å². The molecule has 9 heteroatoms. The van der Waals surface area contributed by atoms with Crippen LogP contribution >= 0.6 is 0 Å². The molecule has 1 amide bonds. The molecule has 28 heavy (non-hydrogen) atoms. The minimum atomic E-state index is -3.90. The average Bonchev–Trinajstić information content (AvgIpc) is 2.66. The van der Waals surface area contributed by atoms with E-state index in [9.17, 15) is 23.3 Å². The fraction of sp³-hybridized carbons (Fsp3) is 0.105. The van der Waals surface area contributed by atoms with Crippen molar-refractivity contribution in [2.45, 2.75) is 18.4 Å². The summed E-state index contributed by atoms with van der Waals surface area (Å²) in [5.74, 6) is -0.260. The van der Waals surface area contributed by atoms with Crippen LogP contribution < -0.4 is 10.0 Å². The molecule has 3 rings (SSSR count). The first kappa shape index (κ1) is 19.5. The molecule has 144 valence electrons. The highest BCUT2D eigenvalue weighted by Gasteiger charge is 2.18. The molecular formula is C19H17N3O5S. The molecule has 0 aliphatic carbocycles. The second-order valence-corrected chi connectivity index (χ2v) is 7.82. The van der Waals surface area contributed by atoms with Gasteiger partial charge in [-0.15, -0.1) is 0 Å². The maximum atomic E-state index is 12.8. The quantitative estimate of drug-likeness (QED) is 0.487. The highest BCUT2D eigenvalue weighted by atomic mass is 32.2. The van der Waals surface area contributed by atoms with Crippen LogP contribution in [0.3, 0.4) is 0 Å². The Bertz CT molecular complexity index is 1180. The predicted octanol–water partition coefficient (Wildman–Crippen LogP) is 3.18. The lowest BCUT2D eigenvalue weighted by Gasteiger charge is -2.12. The molecule has 2 N–H and O–H groups in total. The van der Waals surface area contributed by atoms with Crippen molar-refractivity contribution in [2.75, 3.05) is 5.32 Å². The summed E-state index contributed by atoms with van der Waals surface area (Å²) in [4.78, 5) is 21.8. The number of anilines is 1. The van der Waals surface area contributed by atoms with Crippen molar-refractivity contribution in [1.29, 1.82) is 0 Å². The van der Waals surface area contributed by atoms with Gasteiger partial charge in [0.1, 0.15) is 0 Å². The van der Waals surface area contributed by atoms with Gasteiger partial charge in [-0.1, -0.05) is 36.4 Å². The number of rotatable bonds is 6. The summed E-state index contributed by atoms with van der Waals surface area (Å²) in [6.45, 7) is 1.28. The lowest BCUT2D eigenvalue weighted by atomic mass is 10.1. The lowest BCUT2D eigenvalue weighted by molar-refractivity contribution is -0.384. The van der Waals surface area contributed by atoms with Crippen LogP contribution in [0.1, 0.15) is 12.5 Å². The number of nitro benzene ring substituents is 1. The third-order valence-electron chi connectivity index (χ3n) is 4.07. The van der Waals surface area contributed by atoms with Crippen molar-refractivity contribution < 1.29 is 18.1 Å². The van der Waals surface area contributed by atoms with Gasteiger partial charge in [-0.2, -0.15) is 0 Å². The number of carbonyl (C=O) groups is 1. The van der Waals surface area contributed by atoms with Crippen LogP contribution in [0.5, 0.6) is 0 Å². The molecule has 8 nitrogen and oxygen atoms in total. The minimum Gasteiger partial charge on any atom is -0.326 e. The number of hydrogen-bond donors (Lipinski definition) is 2. The Balaban J connectivity index is 1.94. The third kappa shape index (κ3) is 4.16. The maximum Gasteiger partial charge on any atom is 0.269 e. The molecule has 0 saturated carbocycles. The highest BCUT2D eigenvalue weighted by molar-refractivity contribution is 7.89. The van der Waals surface area contributed by atoms with Crippen molar-refractivity contribution >= 4 is 38.1 Å².